The standard InChI is InChI=1S/C17H21N3O6S/c18-27(25,26)13-4-1-3-12(8-13)20-10-11(7-14(20)21)16(24)19-17(5-2-6-17)9-15(22)23/h1,3-4,8,11H,2,5-7,9-10H2,(H,19,24)(H,22,23)(H2,18,25,26). The van der Waals surface area contributed by atoms with Gasteiger partial charge in [0.05, 0.1) is 22.8 Å². The van der Waals surface area contributed by atoms with E-state index in [9.17, 15) is 22.8 Å². The van der Waals surface area contributed by atoms with Crippen molar-refractivity contribution in [3.05, 3.63) is 24.3 Å². The Morgan fingerprint density at radius 1 is 1.33 bits per heavy atom. The first-order valence-corrected chi connectivity index (χ1v) is 10.1. The number of hydrogen-bond donors (Lipinski definition) is 3. The lowest BCUT2D eigenvalue weighted by atomic mass is 9.74. The van der Waals surface area contributed by atoms with Crippen molar-refractivity contribution in [3.8, 4) is 0 Å². The SMILES string of the molecule is NS(=O)(=O)c1cccc(N2CC(C(=O)NC3(CC(=O)O)CCC3)CC2=O)c1. The van der Waals surface area contributed by atoms with Crippen molar-refractivity contribution in [1.82, 2.24) is 5.32 Å². The van der Waals surface area contributed by atoms with E-state index in [0.717, 1.165) is 6.42 Å². The average molecular weight is 395 g/mol. The van der Waals surface area contributed by atoms with Gasteiger partial charge in [0.15, 0.2) is 0 Å². The first-order valence-electron chi connectivity index (χ1n) is 8.57. The van der Waals surface area contributed by atoms with Gasteiger partial charge in [0, 0.05) is 18.7 Å². The Bertz CT molecular complexity index is 894. The second-order valence-corrected chi connectivity index (χ2v) is 8.70. The van der Waals surface area contributed by atoms with E-state index in [1.807, 2.05) is 0 Å². The molecule has 1 saturated heterocycles. The number of carbonyl (C=O) groups excluding carboxylic acids is 2. The lowest BCUT2D eigenvalue weighted by Gasteiger charge is -2.42. The molecule has 0 bridgehead atoms. The maximum Gasteiger partial charge on any atom is 0.305 e. The number of amides is 2. The minimum absolute atomic E-state index is 0.0193. The lowest BCUT2D eigenvalue weighted by Crippen LogP contribution is -2.56. The predicted molar refractivity (Wildman–Crippen MR) is 95.3 cm³/mol. The maximum absolute atomic E-state index is 12.6. The molecule has 0 spiro atoms. The average Bonchev–Trinajstić information content (AvgIpc) is 2.93. The molecule has 0 radical (unpaired) electrons. The number of benzene rings is 1. The largest absolute Gasteiger partial charge is 0.481 e. The second kappa shape index (κ2) is 6.93. The van der Waals surface area contributed by atoms with Gasteiger partial charge in [-0.2, -0.15) is 0 Å². The monoisotopic (exact) mass is 395 g/mol. The minimum Gasteiger partial charge on any atom is -0.481 e. The smallest absolute Gasteiger partial charge is 0.305 e. The highest BCUT2D eigenvalue weighted by molar-refractivity contribution is 7.89. The van der Waals surface area contributed by atoms with E-state index in [1.165, 1.54) is 23.1 Å². The zero-order valence-corrected chi connectivity index (χ0v) is 15.4. The third kappa shape index (κ3) is 4.11. The Hall–Kier alpha value is -2.46. The highest BCUT2D eigenvalue weighted by atomic mass is 32.2. The fraction of sp³-hybridized carbons (Fsp3) is 0.471. The van der Waals surface area contributed by atoms with Gasteiger partial charge < -0.3 is 15.3 Å². The summed E-state index contributed by atoms with van der Waals surface area (Å²) in [5, 5.41) is 17.0. The molecular formula is C17H21N3O6S. The summed E-state index contributed by atoms with van der Waals surface area (Å²) >= 11 is 0. The highest BCUT2D eigenvalue weighted by Gasteiger charge is 2.43. The third-order valence-electron chi connectivity index (χ3n) is 5.14. The van der Waals surface area contributed by atoms with Gasteiger partial charge in [-0.1, -0.05) is 6.07 Å². The number of sulfonamides is 1. The molecule has 0 aromatic heterocycles. The first kappa shape index (κ1) is 19.3. The topological polar surface area (TPSA) is 147 Å². The van der Waals surface area contributed by atoms with Gasteiger partial charge in [-0.05, 0) is 37.5 Å². The van der Waals surface area contributed by atoms with Crippen LogP contribution in [0.4, 0.5) is 5.69 Å². The van der Waals surface area contributed by atoms with E-state index in [2.05, 4.69) is 5.32 Å². The molecule has 1 unspecified atom stereocenters. The molecule has 2 fully saturated rings. The van der Waals surface area contributed by atoms with E-state index in [0.29, 0.717) is 18.5 Å². The summed E-state index contributed by atoms with van der Waals surface area (Å²) < 4.78 is 23.0. The van der Waals surface area contributed by atoms with Gasteiger partial charge in [-0.25, -0.2) is 13.6 Å². The fourth-order valence-corrected chi connectivity index (χ4v) is 4.12. The third-order valence-corrected chi connectivity index (χ3v) is 6.05. The summed E-state index contributed by atoms with van der Waals surface area (Å²) in [5.41, 5.74) is -0.377. The quantitative estimate of drug-likeness (QED) is 0.627. The molecular weight excluding hydrogens is 374 g/mol. The number of carbonyl (C=O) groups is 3. The number of carboxylic acids is 1. The van der Waals surface area contributed by atoms with Gasteiger partial charge in [-0.3, -0.25) is 14.4 Å². The van der Waals surface area contributed by atoms with Crippen LogP contribution in [0.15, 0.2) is 29.2 Å². The van der Waals surface area contributed by atoms with Crippen LogP contribution < -0.4 is 15.4 Å². The van der Waals surface area contributed by atoms with Gasteiger partial charge >= 0.3 is 5.97 Å². The Morgan fingerprint density at radius 3 is 2.59 bits per heavy atom. The van der Waals surface area contributed by atoms with Crippen LogP contribution in [0.5, 0.6) is 0 Å². The van der Waals surface area contributed by atoms with Crippen LogP contribution >= 0.6 is 0 Å². The number of hydrogen-bond acceptors (Lipinski definition) is 5. The number of carboxylic acid groups (broad SMARTS) is 1. The molecule has 146 valence electrons. The van der Waals surface area contributed by atoms with Gasteiger partial charge in [0.1, 0.15) is 0 Å². The number of primary sulfonamides is 1. The summed E-state index contributed by atoms with van der Waals surface area (Å²) in [5.74, 6) is -2.25. The molecule has 9 nitrogen and oxygen atoms in total. The van der Waals surface area contributed by atoms with E-state index in [1.54, 1.807) is 6.07 Å². The molecule has 1 atom stereocenters. The molecule has 1 aliphatic heterocycles. The molecule has 2 aliphatic rings. The summed E-state index contributed by atoms with van der Waals surface area (Å²) in [4.78, 5) is 37.2. The number of nitrogens with zero attached hydrogens (tertiary/aromatic N) is 1. The van der Waals surface area contributed by atoms with E-state index < -0.39 is 27.4 Å². The van der Waals surface area contributed by atoms with Crippen molar-refractivity contribution in [2.45, 2.75) is 42.5 Å². The van der Waals surface area contributed by atoms with Crippen molar-refractivity contribution in [2.75, 3.05) is 11.4 Å². The number of anilines is 1. The Kier molecular flexibility index (Phi) is 4.96. The molecule has 1 heterocycles. The van der Waals surface area contributed by atoms with Crippen LogP contribution in [0.3, 0.4) is 0 Å². The van der Waals surface area contributed by atoms with Crippen LogP contribution in [0, 0.1) is 5.92 Å². The Labute approximate surface area is 156 Å². The van der Waals surface area contributed by atoms with Gasteiger partial charge in [0.2, 0.25) is 21.8 Å². The summed E-state index contributed by atoms with van der Waals surface area (Å²) in [6, 6.07) is 5.68. The normalized spacial score (nSPS) is 21.6. The predicted octanol–water partition coefficient (Wildman–Crippen LogP) is 0.200. The molecule has 3 rings (SSSR count). The van der Waals surface area contributed by atoms with Gasteiger partial charge in [-0.15, -0.1) is 0 Å². The number of nitrogens with two attached hydrogens (primary N) is 1. The molecule has 1 saturated carbocycles. The summed E-state index contributed by atoms with van der Waals surface area (Å²) in [6.45, 7) is 0.0991. The second-order valence-electron chi connectivity index (χ2n) is 7.14. The van der Waals surface area contributed by atoms with Crippen molar-refractivity contribution in [2.24, 2.45) is 11.1 Å². The van der Waals surface area contributed by atoms with Crippen molar-refractivity contribution >= 4 is 33.5 Å². The van der Waals surface area contributed by atoms with E-state index >= 15 is 0 Å². The fourth-order valence-electron chi connectivity index (χ4n) is 3.56. The van der Waals surface area contributed by atoms with Gasteiger partial charge in [0.25, 0.3) is 0 Å². The highest BCUT2D eigenvalue weighted by Crippen LogP contribution is 2.36. The maximum atomic E-state index is 12.6. The Morgan fingerprint density at radius 2 is 2.04 bits per heavy atom. The van der Waals surface area contributed by atoms with E-state index in [-0.39, 0.29) is 36.1 Å². The van der Waals surface area contributed by atoms with Crippen molar-refractivity contribution < 1.29 is 27.9 Å². The number of nitrogens with one attached hydrogen (secondary N) is 1. The summed E-state index contributed by atoms with van der Waals surface area (Å²) in [7, 11) is -3.91. The lowest BCUT2D eigenvalue weighted by molar-refractivity contribution is -0.141. The van der Waals surface area contributed by atoms with Crippen LogP contribution in [0.2, 0.25) is 0 Å². The molecule has 2 amide bonds. The van der Waals surface area contributed by atoms with E-state index in [4.69, 9.17) is 10.2 Å². The van der Waals surface area contributed by atoms with Crippen LogP contribution in [-0.4, -0.2) is 43.4 Å². The molecule has 10 heteroatoms. The zero-order valence-electron chi connectivity index (χ0n) is 14.6. The summed E-state index contributed by atoms with van der Waals surface area (Å²) in [6.07, 6.45) is 1.90. The molecule has 1 aliphatic carbocycles. The van der Waals surface area contributed by atoms with Crippen molar-refractivity contribution in [3.63, 3.8) is 0 Å². The first-order chi connectivity index (χ1) is 12.6. The molecule has 27 heavy (non-hydrogen) atoms. The number of aliphatic carboxylic acids is 1. The molecule has 1 aromatic rings. The Balaban J connectivity index is 1.72. The molecule has 1 aromatic carbocycles. The minimum atomic E-state index is -3.91. The zero-order chi connectivity index (χ0) is 19.8. The van der Waals surface area contributed by atoms with Crippen LogP contribution in [0.1, 0.15) is 32.1 Å². The number of rotatable bonds is 6. The van der Waals surface area contributed by atoms with Crippen molar-refractivity contribution in [1.29, 1.82) is 0 Å². The van der Waals surface area contributed by atoms with Crippen LogP contribution in [-0.2, 0) is 24.4 Å². The van der Waals surface area contributed by atoms with Crippen LogP contribution in [0.25, 0.3) is 0 Å². The molecule has 4 N–H and O–H groups in total.